The topological polar surface area (TPSA) is 21.3 Å². The number of halogens is 2. The van der Waals surface area contributed by atoms with Gasteiger partial charge in [-0.1, -0.05) is 28.9 Å². The lowest BCUT2D eigenvalue weighted by Crippen LogP contribution is -2.56. The second-order valence-corrected chi connectivity index (χ2v) is 7.16. The summed E-state index contributed by atoms with van der Waals surface area (Å²) in [6, 6.07) is 4.81. The number of rotatable bonds is 1. The van der Waals surface area contributed by atoms with Gasteiger partial charge in [-0.25, -0.2) is 4.39 Å². The van der Waals surface area contributed by atoms with Gasteiger partial charge in [0, 0.05) is 16.6 Å². The Hall–Kier alpha value is -0.450. The number of benzene rings is 1. The smallest absolute Gasteiger partial charge is 0.124 e. The normalized spacial score (nSPS) is 34.4. The van der Waals surface area contributed by atoms with Crippen molar-refractivity contribution in [2.75, 3.05) is 13.2 Å². The summed E-state index contributed by atoms with van der Waals surface area (Å²) in [6.07, 6.45) is 4.97. The van der Waals surface area contributed by atoms with Crippen molar-refractivity contribution in [1.82, 2.24) is 5.32 Å². The maximum absolute atomic E-state index is 13.2. The fourth-order valence-corrected chi connectivity index (χ4v) is 3.88. The first-order valence-electron chi connectivity index (χ1n) is 7.40. The first kappa shape index (κ1) is 14.5. The monoisotopic (exact) mass is 341 g/mol. The molecule has 20 heavy (non-hydrogen) atoms. The van der Waals surface area contributed by atoms with Gasteiger partial charge >= 0.3 is 0 Å². The Kier molecular flexibility index (Phi) is 4.16. The zero-order valence-electron chi connectivity index (χ0n) is 11.8. The van der Waals surface area contributed by atoms with E-state index in [4.69, 9.17) is 4.74 Å². The van der Waals surface area contributed by atoms with Crippen molar-refractivity contribution >= 4 is 15.9 Å². The average molecular weight is 342 g/mol. The molecule has 1 spiro atoms. The zero-order chi connectivity index (χ0) is 14.2. The van der Waals surface area contributed by atoms with E-state index in [1.54, 1.807) is 0 Å². The largest absolute Gasteiger partial charge is 0.370 e. The number of ether oxygens (including phenoxy) is 1. The van der Waals surface area contributed by atoms with Crippen LogP contribution < -0.4 is 5.32 Å². The Balaban J connectivity index is 1.66. The quantitative estimate of drug-likeness (QED) is 0.826. The third kappa shape index (κ3) is 2.92. The minimum atomic E-state index is -0.220. The summed E-state index contributed by atoms with van der Waals surface area (Å²) in [7, 11) is 0. The van der Waals surface area contributed by atoms with E-state index in [1.165, 1.54) is 37.8 Å². The number of nitrogens with one attached hydrogen (secondary N) is 1. The van der Waals surface area contributed by atoms with Gasteiger partial charge < -0.3 is 10.1 Å². The number of morpholine rings is 1. The second kappa shape index (κ2) is 5.74. The number of hydrogen-bond acceptors (Lipinski definition) is 2. The SMILES string of the molecule is CC1CCC2(CC1)COC(c1ccc(F)cc1Br)CN2. The molecular formula is C16H21BrFNO. The molecule has 3 rings (SSSR count). The summed E-state index contributed by atoms with van der Waals surface area (Å²) in [6.45, 7) is 3.89. The minimum Gasteiger partial charge on any atom is -0.370 e. The predicted molar refractivity (Wildman–Crippen MR) is 81.2 cm³/mol. The molecule has 1 N–H and O–H groups in total. The molecule has 0 aromatic heterocycles. The van der Waals surface area contributed by atoms with Crippen molar-refractivity contribution in [3.63, 3.8) is 0 Å². The molecule has 2 nitrogen and oxygen atoms in total. The van der Waals surface area contributed by atoms with E-state index in [0.717, 1.165) is 29.1 Å². The van der Waals surface area contributed by atoms with Crippen LogP contribution in [0.4, 0.5) is 4.39 Å². The Labute approximate surface area is 128 Å². The molecule has 2 aliphatic rings. The van der Waals surface area contributed by atoms with Gasteiger partial charge in [-0.3, -0.25) is 0 Å². The van der Waals surface area contributed by atoms with Crippen LogP contribution in [0.3, 0.4) is 0 Å². The molecule has 1 unspecified atom stereocenters. The molecule has 1 saturated heterocycles. The summed E-state index contributed by atoms with van der Waals surface area (Å²) >= 11 is 3.43. The molecule has 1 aromatic carbocycles. The summed E-state index contributed by atoms with van der Waals surface area (Å²) in [5.41, 5.74) is 1.20. The lowest BCUT2D eigenvalue weighted by molar-refractivity contribution is -0.0507. The Morgan fingerprint density at radius 2 is 2.10 bits per heavy atom. The van der Waals surface area contributed by atoms with Gasteiger partial charge in [0.05, 0.1) is 12.7 Å². The molecule has 1 aliphatic carbocycles. The third-order valence-corrected chi connectivity index (χ3v) is 5.45. The summed E-state index contributed by atoms with van der Waals surface area (Å²) in [5, 5.41) is 3.71. The molecule has 1 heterocycles. The summed E-state index contributed by atoms with van der Waals surface area (Å²) < 4.78 is 20.0. The molecule has 0 bridgehead atoms. The van der Waals surface area contributed by atoms with Crippen LogP contribution in [0.25, 0.3) is 0 Å². The molecule has 1 aliphatic heterocycles. The van der Waals surface area contributed by atoms with Crippen molar-refractivity contribution in [3.05, 3.63) is 34.1 Å². The maximum Gasteiger partial charge on any atom is 0.124 e. The van der Waals surface area contributed by atoms with E-state index < -0.39 is 0 Å². The molecule has 2 fully saturated rings. The lowest BCUT2D eigenvalue weighted by Gasteiger charge is -2.45. The molecule has 0 radical (unpaired) electrons. The van der Waals surface area contributed by atoms with Gasteiger partial charge in [-0.05, 0) is 49.3 Å². The van der Waals surface area contributed by atoms with E-state index in [1.807, 2.05) is 6.07 Å². The van der Waals surface area contributed by atoms with E-state index in [2.05, 4.69) is 28.2 Å². The van der Waals surface area contributed by atoms with E-state index in [-0.39, 0.29) is 17.5 Å². The zero-order valence-corrected chi connectivity index (χ0v) is 13.4. The van der Waals surface area contributed by atoms with Crippen LogP contribution in [-0.2, 0) is 4.74 Å². The molecule has 110 valence electrons. The van der Waals surface area contributed by atoms with Crippen LogP contribution in [-0.4, -0.2) is 18.7 Å². The van der Waals surface area contributed by atoms with Gasteiger partial charge in [-0.15, -0.1) is 0 Å². The van der Waals surface area contributed by atoms with E-state index in [9.17, 15) is 4.39 Å². The first-order chi connectivity index (χ1) is 9.58. The predicted octanol–water partition coefficient (Wildman–Crippen LogP) is 4.20. The number of hydrogen-bond donors (Lipinski definition) is 1. The Bertz CT molecular complexity index is 475. The highest BCUT2D eigenvalue weighted by atomic mass is 79.9. The van der Waals surface area contributed by atoms with Crippen molar-refractivity contribution in [2.45, 2.75) is 44.2 Å². The fourth-order valence-electron chi connectivity index (χ4n) is 3.28. The Morgan fingerprint density at radius 1 is 1.35 bits per heavy atom. The first-order valence-corrected chi connectivity index (χ1v) is 8.19. The molecule has 1 saturated carbocycles. The van der Waals surface area contributed by atoms with Gasteiger partial charge in [0.1, 0.15) is 5.82 Å². The Morgan fingerprint density at radius 3 is 2.70 bits per heavy atom. The average Bonchev–Trinajstić information content (AvgIpc) is 2.44. The molecule has 0 amide bonds. The van der Waals surface area contributed by atoms with Gasteiger partial charge in [0.2, 0.25) is 0 Å². The highest BCUT2D eigenvalue weighted by Crippen LogP contribution is 2.37. The van der Waals surface area contributed by atoms with Gasteiger partial charge in [0.15, 0.2) is 0 Å². The van der Waals surface area contributed by atoms with Crippen LogP contribution in [0.1, 0.15) is 44.3 Å². The highest BCUT2D eigenvalue weighted by Gasteiger charge is 2.38. The molecular weight excluding hydrogens is 321 g/mol. The maximum atomic E-state index is 13.2. The van der Waals surface area contributed by atoms with E-state index in [0.29, 0.717) is 0 Å². The van der Waals surface area contributed by atoms with Gasteiger partial charge in [0.25, 0.3) is 0 Å². The van der Waals surface area contributed by atoms with Gasteiger partial charge in [-0.2, -0.15) is 0 Å². The summed E-state index contributed by atoms with van der Waals surface area (Å²) in [4.78, 5) is 0. The van der Waals surface area contributed by atoms with Crippen LogP contribution in [0.5, 0.6) is 0 Å². The van der Waals surface area contributed by atoms with Crippen LogP contribution in [0.2, 0.25) is 0 Å². The standard InChI is InChI=1S/C16H21BrFNO/c1-11-4-6-16(7-5-11)10-20-15(9-19-16)13-3-2-12(18)8-14(13)17/h2-3,8,11,15,19H,4-7,9-10H2,1H3. The van der Waals surface area contributed by atoms with Crippen molar-refractivity contribution in [2.24, 2.45) is 5.92 Å². The van der Waals surface area contributed by atoms with Crippen molar-refractivity contribution in [3.8, 4) is 0 Å². The van der Waals surface area contributed by atoms with Crippen LogP contribution in [0.15, 0.2) is 22.7 Å². The van der Waals surface area contributed by atoms with Crippen LogP contribution in [0, 0.1) is 11.7 Å². The second-order valence-electron chi connectivity index (χ2n) is 6.31. The van der Waals surface area contributed by atoms with Crippen molar-refractivity contribution < 1.29 is 9.13 Å². The van der Waals surface area contributed by atoms with Crippen LogP contribution >= 0.6 is 15.9 Å². The molecule has 4 heteroatoms. The minimum absolute atomic E-state index is 0.00921. The molecule has 1 aromatic rings. The summed E-state index contributed by atoms with van der Waals surface area (Å²) in [5.74, 6) is 0.619. The van der Waals surface area contributed by atoms with Crippen molar-refractivity contribution in [1.29, 1.82) is 0 Å². The van der Waals surface area contributed by atoms with E-state index >= 15 is 0 Å². The highest BCUT2D eigenvalue weighted by molar-refractivity contribution is 9.10. The lowest BCUT2D eigenvalue weighted by atomic mass is 9.77. The third-order valence-electron chi connectivity index (χ3n) is 4.76. The fraction of sp³-hybridized carbons (Fsp3) is 0.625. The molecule has 1 atom stereocenters.